The SMILES string of the molecule is CSc1ccc(S(=O)(=O)N(CC(=O)N[C@@H](C)c2ccc(C)cc2)c2ccc(C)cc2)cc1. The van der Waals surface area contributed by atoms with E-state index in [1.165, 1.54) is 11.8 Å². The Bertz CT molecular complexity index is 1160. The van der Waals surface area contributed by atoms with Crippen molar-refractivity contribution in [3.8, 4) is 0 Å². The fourth-order valence-corrected chi connectivity index (χ4v) is 5.09. The van der Waals surface area contributed by atoms with Crippen LogP contribution in [0, 0.1) is 13.8 Å². The molecule has 3 aromatic carbocycles. The smallest absolute Gasteiger partial charge is 0.264 e. The first kappa shape index (κ1) is 23.9. The molecule has 1 N–H and O–H groups in total. The van der Waals surface area contributed by atoms with Crippen molar-refractivity contribution in [2.75, 3.05) is 17.1 Å². The van der Waals surface area contributed by atoms with E-state index in [4.69, 9.17) is 0 Å². The van der Waals surface area contributed by atoms with E-state index >= 15 is 0 Å². The summed E-state index contributed by atoms with van der Waals surface area (Å²) in [4.78, 5) is 14.0. The number of sulfonamides is 1. The summed E-state index contributed by atoms with van der Waals surface area (Å²) in [7, 11) is -3.93. The molecule has 0 aliphatic rings. The number of nitrogens with zero attached hydrogens (tertiary/aromatic N) is 1. The Kier molecular flexibility index (Phi) is 7.64. The molecule has 5 nitrogen and oxygen atoms in total. The Morgan fingerprint density at radius 1 is 0.906 bits per heavy atom. The van der Waals surface area contributed by atoms with Gasteiger partial charge in [-0.25, -0.2) is 8.42 Å². The van der Waals surface area contributed by atoms with E-state index in [0.29, 0.717) is 5.69 Å². The molecular weight excluding hydrogens is 440 g/mol. The van der Waals surface area contributed by atoms with Crippen LogP contribution in [0.15, 0.2) is 82.6 Å². The van der Waals surface area contributed by atoms with Gasteiger partial charge in [0.2, 0.25) is 5.91 Å². The van der Waals surface area contributed by atoms with Gasteiger partial charge in [-0.05, 0) is 69.0 Å². The summed E-state index contributed by atoms with van der Waals surface area (Å²) in [6, 6.07) is 21.5. The zero-order valence-electron chi connectivity index (χ0n) is 18.7. The second kappa shape index (κ2) is 10.2. The van der Waals surface area contributed by atoms with E-state index in [9.17, 15) is 13.2 Å². The maximum atomic E-state index is 13.5. The van der Waals surface area contributed by atoms with Crippen molar-refractivity contribution in [2.24, 2.45) is 0 Å². The first-order valence-electron chi connectivity index (χ1n) is 10.3. The molecule has 0 aromatic heterocycles. The second-order valence-corrected chi connectivity index (χ2v) is 10.5. The van der Waals surface area contributed by atoms with E-state index in [0.717, 1.165) is 25.9 Å². The highest BCUT2D eigenvalue weighted by Gasteiger charge is 2.27. The molecule has 0 bridgehead atoms. The molecule has 1 atom stereocenters. The van der Waals surface area contributed by atoms with Gasteiger partial charge in [0.05, 0.1) is 16.6 Å². The summed E-state index contributed by atoms with van der Waals surface area (Å²) in [5, 5.41) is 2.92. The Morgan fingerprint density at radius 2 is 1.44 bits per heavy atom. The number of benzene rings is 3. The van der Waals surface area contributed by atoms with Gasteiger partial charge in [0.25, 0.3) is 10.0 Å². The maximum absolute atomic E-state index is 13.5. The summed E-state index contributed by atoms with van der Waals surface area (Å²) < 4.78 is 28.1. The van der Waals surface area contributed by atoms with Crippen LogP contribution in [0.2, 0.25) is 0 Å². The molecule has 3 rings (SSSR count). The summed E-state index contributed by atoms with van der Waals surface area (Å²) in [5.74, 6) is -0.372. The molecule has 0 saturated heterocycles. The van der Waals surface area contributed by atoms with Crippen LogP contribution < -0.4 is 9.62 Å². The fourth-order valence-electron chi connectivity index (χ4n) is 3.26. The number of carbonyl (C=O) groups excluding carboxylic acids is 1. The average molecular weight is 469 g/mol. The first-order chi connectivity index (χ1) is 15.2. The van der Waals surface area contributed by atoms with Crippen LogP contribution >= 0.6 is 11.8 Å². The van der Waals surface area contributed by atoms with Crippen molar-refractivity contribution in [1.82, 2.24) is 5.32 Å². The van der Waals surface area contributed by atoms with Gasteiger partial charge < -0.3 is 5.32 Å². The van der Waals surface area contributed by atoms with Gasteiger partial charge in [0.1, 0.15) is 6.54 Å². The Labute approximate surface area is 194 Å². The molecule has 0 heterocycles. The molecule has 0 aliphatic heterocycles. The van der Waals surface area contributed by atoms with Crippen LogP contribution in [0.3, 0.4) is 0 Å². The number of amides is 1. The molecule has 0 unspecified atom stereocenters. The van der Waals surface area contributed by atoms with Crippen molar-refractivity contribution < 1.29 is 13.2 Å². The van der Waals surface area contributed by atoms with Crippen molar-refractivity contribution in [2.45, 2.75) is 36.6 Å². The number of hydrogen-bond donors (Lipinski definition) is 1. The minimum Gasteiger partial charge on any atom is -0.348 e. The monoisotopic (exact) mass is 468 g/mol. The molecule has 0 spiro atoms. The fraction of sp³-hybridized carbons (Fsp3) is 0.240. The Morgan fingerprint density at radius 3 is 1.97 bits per heavy atom. The largest absolute Gasteiger partial charge is 0.348 e. The summed E-state index contributed by atoms with van der Waals surface area (Å²) >= 11 is 1.54. The Hall–Kier alpha value is -2.77. The lowest BCUT2D eigenvalue weighted by atomic mass is 10.1. The topological polar surface area (TPSA) is 66.5 Å². The average Bonchev–Trinajstić information content (AvgIpc) is 2.78. The van der Waals surface area contributed by atoms with Gasteiger partial charge >= 0.3 is 0 Å². The number of thioether (sulfide) groups is 1. The van der Waals surface area contributed by atoms with E-state index < -0.39 is 10.0 Å². The zero-order chi connectivity index (χ0) is 23.3. The normalized spacial score (nSPS) is 12.2. The first-order valence-corrected chi connectivity index (χ1v) is 13.0. The minimum absolute atomic E-state index is 0.148. The summed E-state index contributed by atoms with van der Waals surface area (Å²) in [6.07, 6.45) is 1.93. The highest BCUT2D eigenvalue weighted by Crippen LogP contribution is 2.26. The molecule has 0 saturated carbocycles. The molecule has 32 heavy (non-hydrogen) atoms. The van der Waals surface area contributed by atoms with E-state index in [-0.39, 0.29) is 23.4 Å². The van der Waals surface area contributed by atoms with Gasteiger partial charge in [-0.2, -0.15) is 0 Å². The van der Waals surface area contributed by atoms with Gasteiger partial charge in [0, 0.05) is 4.90 Å². The third-order valence-electron chi connectivity index (χ3n) is 5.21. The number of hydrogen-bond acceptors (Lipinski definition) is 4. The quantitative estimate of drug-likeness (QED) is 0.467. The third-order valence-corrected chi connectivity index (χ3v) is 7.74. The van der Waals surface area contributed by atoms with E-state index in [1.807, 2.05) is 63.4 Å². The van der Waals surface area contributed by atoms with Crippen LogP contribution in [-0.2, 0) is 14.8 Å². The number of aryl methyl sites for hydroxylation is 2. The molecule has 168 valence electrons. The lowest BCUT2D eigenvalue weighted by Gasteiger charge is -2.25. The summed E-state index contributed by atoms with van der Waals surface area (Å²) in [6.45, 7) is 5.50. The van der Waals surface area contributed by atoms with Gasteiger partial charge in [-0.3, -0.25) is 9.10 Å². The molecule has 0 radical (unpaired) electrons. The van der Waals surface area contributed by atoms with Crippen LogP contribution in [0.1, 0.15) is 29.7 Å². The van der Waals surface area contributed by atoms with E-state index in [1.54, 1.807) is 36.4 Å². The zero-order valence-corrected chi connectivity index (χ0v) is 20.3. The Balaban J connectivity index is 1.87. The van der Waals surface area contributed by atoms with Crippen LogP contribution in [0.4, 0.5) is 5.69 Å². The number of nitrogens with one attached hydrogen (secondary N) is 1. The number of anilines is 1. The highest BCUT2D eigenvalue weighted by molar-refractivity contribution is 7.98. The van der Waals surface area contributed by atoms with Crippen LogP contribution in [0.5, 0.6) is 0 Å². The molecule has 0 fully saturated rings. The van der Waals surface area contributed by atoms with Gasteiger partial charge in [-0.15, -0.1) is 11.8 Å². The van der Waals surface area contributed by atoms with Crippen molar-refractivity contribution in [1.29, 1.82) is 0 Å². The standard InChI is InChI=1S/C25H28N2O3S2/c1-18-5-9-21(10-6-18)20(3)26-25(28)17-27(22-11-7-19(2)8-12-22)32(29,30)24-15-13-23(31-4)14-16-24/h5-16,20H,17H2,1-4H3,(H,26,28)/t20-/m0/s1. The number of carbonyl (C=O) groups is 1. The second-order valence-electron chi connectivity index (χ2n) is 7.72. The summed E-state index contributed by atoms with van der Waals surface area (Å²) in [5.41, 5.74) is 3.55. The predicted octanol–water partition coefficient (Wildman–Crippen LogP) is 5.10. The lowest BCUT2D eigenvalue weighted by Crippen LogP contribution is -2.41. The molecule has 1 amide bonds. The van der Waals surface area contributed by atoms with Gasteiger partial charge in [0.15, 0.2) is 0 Å². The predicted molar refractivity (Wildman–Crippen MR) is 132 cm³/mol. The number of rotatable bonds is 8. The lowest BCUT2D eigenvalue weighted by molar-refractivity contribution is -0.120. The molecule has 0 aliphatic carbocycles. The van der Waals surface area contributed by atoms with Crippen LogP contribution in [0.25, 0.3) is 0 Å². The van der Waals surface area contributed by atoms with Crippen molar-refractivity contribution in [3.05, 3.63) is 89.5 Å². The van der Waals surface area contributed by atoms with E-state index in [2.05, 4.69) is 5.32 Å². The van der Waals surface area contributed by atoms with Crippen molar-refractivity contribution >= 4 is 33.4 Å². The van der Waals surface area contributed by atoms with Gasteiger partial charge in [-0.1, -0.05) is 47.5 Å². The molecule has 3 aromatic rings. The van der Waals surface area contributed by atoms with Crippen LogP contribution in [-0.4, -0.2) is 27.1 Å². The highest BCUT2D eigenvalue weighted by atomic mass is 32.2. The maximum Gasteiger partial charge on any atom is 0.264 e. The molecule has 7 heteroatoms. The minimum atomic E-state index is -3.93. The molecular formula is C25H28N2O3S2. The third kappa shape index (κ3) is 5.72. The van der Waals surface area contributed by atoms with Crippen molar-refractivity contribution in [3.63, 3.8) is 0 Å².